The van der Waals surface area contributed by atoms with E-state index in [-0.39, 0.29) is 11.5 Å². The summed E-state index contributed by atoms with van der Waals surface area (Å²) in [6.45, 7) is 3.47. The smallest absolute Gasteiger partial charge is 0.201 e. The van der Waals surface area contributed by atoms with E-state index in [0.717, 1.165) is 18.9 Å². The number of fused-ring (bicyclic) bond motifs is 1. The first-order chi connectivity index (χ1) is 9.15. The van der Waals surface area contributed by atoms with Gasteiger partial charge >= 0.3 is 0 Å². The van der Waals surface area contributed by atoms with Crippen molar-refractivity contribution in [1.29, 1.82) is 0 Å². The number of aromatic nitrogens is 2. The van der Waals surface area contributed by atoms with E-state index in [1.54, 1.807) is 0 Å². The van der Waals surface area contributed by atoms with Crippen molar-refractivity contribution in [3.8, 4) is 0 Å². The van der Waals surface area contributed by atoms with Crippen LogP contribution < -0.4 is 5.73 Å². The van der Waals surface area contributed by atoms with E-state index >= 15 is 0 Å². The van der Waals surface area contributed by atoms with Gasteiger partial charge in [-0.1, -0.05) is 13.3 Å². The highest BCUT2D eigenvalue weighted by molar-refractivity contribution is 5.79. The molecule has 0 spiro atoms. The number of nitrogens with zero attached hydrogens (tertiary/aromatic N) is 2. The van der Waals surface area contributed by atoms with Crippen molar-refractivity contribution >= 4 is 17.0 Å². The van der Waals surface area contributed by atoms with Crippen molar-refractivity contribution in [3.05, 3.63) is 23.8 Å². The van der Waals surface area contributed by atoms with Crippen LogP contribution in [0.2, 0.25) is 0 Å². The molecular formula is C13H17F2N3O. The zero-order chi connectivity index (χ0) is 13.8. The van der Waals surface area contributed by atoms with Gasteiger partial charge in [-0.2, -0.15) is 0 Å². The summed E-state index contributed by atoms with van der Waals surface area (Å²) in [6.07, 6.45) is 2.03. The Labute approximate surface area is 110 Å². The zero-order valence-corrected chi connectivity index (χ0v) is 10.8. The van der Waals surface area contributed by atoms with Crippen molar-refractivity contribution in [3.63, 3.8) is 0 Å². The van der Waals surface area contributed by atoms with Crippen LogP contribution in [0.15, 0.2) is 12.1 Å². The highest BCUT2D eigenvalue weighted by Crippen LogP contribution is 2.22. The molecular weight excluding hydrogens is 252 g/mol. The third-order valence-corrected chi connectivity index (χ3v) is 2.93. The topological polar surface area (TPSA) is 53.1 Å². The lowest BCUT2D eigenvalue weighted by Gasteiger charge is -2.08. The quantitative estimate of drug-likeness (QED) is 0.820. The van der Waals surface area contributed by atoms with E-state index in [4.69, 9.17) is 10.5 Å². The molecule has 1 aromatic carbocycles. The maximum atomic E-state index is 13.8. The molecule has 0 saturated carbocycles. The average Bonchev–Trinajstić information content (AvgIpc) is 2.71. The molecule has 2 N–H and O–H groups in total. The molecule has 0 unspecified atom stereocenters. The molecule has 0 aliphatic carbocycles. The Kier molecular flexibility index (Phi) is 4.31. The van der Waals surface area contributed by atoms with E-state index in [9.17, 15) is 8.78 Å². The van der Waals surface area contributed by atoms with Crippen LogP contribution in [0.3, 0.4) is 0 Å². The van der Waals surface area contributed by atoms with Crippen molar-refractivity contribution in [2.75, 3.05) is 18.9 Å². The monoisotopic (exact) mass is 269 g/mol. The fourth-order valence-electron chi connectivity index (χ4n) is 1.91. The number of benzene rings is 1. The Hall–Kier alpha value is -1.69. The van der Waals surface area contributed by atoms with Gasteiger partial charge in [-0.25, -0.2) is 13.8 Å². The van der Waals surface area contributed by atoms with Crippen LogP contribution in [0.5, 0.6) is 0 Å². The molecule has 0 radical (unpaired) electrons. The molecule has 2 aromatic rings. The predicted molar refractivity (Wildman–Crippen MR) is 69.8 cm³/mol. The Morgan fingerprint density at radius 2 is 2.11 bits per heavy atom. The molecule has 0 amide bonds. The number of imidazole rings is 1. The average molecular weight is 269 g/mol. The maximum absolute atomic E-state index is 13.8. The van der Waals surface area contributed by atoms with Crippen LogP contribution in [0.25, 0.3) is 11.0 Å². The summed E-state index contributed by atoms with van der Waals surface area (Å²) in [5.41, 5.74) is 6.17. The van der Waals surface area contributed by atoms with Crippen LogP contribution in [-0.4, -0.2) is 22.8 Å². The predicted octanol–water partition coefficient (Wildman–Crippen LogP) is 2.71. The first-order valence-corrected chi connectivity index (χ1v) is 6.32. The van der Waals surface area contributed by atoms with Gasteiger partial charge in [-0.15, -0.1) is 0 Å². The van der Waals surface area contributed by atoms with Crippen LogP contribution in [-0.2, 0) is 11.3 Å². The van der Waals surface area contributed by atoms with Gasteiger partial charge < -0.3 is 15.0 Å². The van der Waals surface area contributed by atoms with E-state index in [1.807, 2.05) is 0 Å². The Morgan fingerprint density at radius 3 is 2.84 bits per heavy atom. The molecule has 1 aromatic heterocycles. The van der Waals surface area contributed by atoms with Crippen molar-refractivity contribution in [2.45, 2.75) is 26.3 Å². The van der Waals surface area contributed by atoms with Gasteiger partial charge in [0.05, 0.1) is 12.1 Å². The fourth-order valence-corrected chi connectivity index (χ4v) is 1.91. The number of unbranched alkanes of at least 4 members (excludes halogenated alkanes) is 1. The molecule has 2 rings (SSSR count). The number of hydrogen-bond acceptors (Lipinski definition) is 3. The molecule has 0 aliphatic rings. The number of hydrogen-bond donors (Lipinski definition) is 1. The van der Waals surface area contributed by atoms with Gasteiger partial charge in [0.15, 0.2) is 11.6 Å². The number of nitrogen functional groups attached to an aromatic ring is 1. The molecule has 0 aliphatic heterocycles. The van der Waals surface area contributed by atoms with Gasteiger partial charge in [-0.05, 0) is 18.6 Å². The van der Waals surface area contributed by atoms with Crippen LogP contribution in [0.4, 0.5) is 14.7 Å². The van der Waals surface area contributed by atoms with E-state index in [2.05, 4.69) is 11.9 Å². The molecule has 6 heteroatoms. The summed E-state index contributed by atoms with van der Waals surface area (Å²) >= 11 is 0. The minimum Gasteiger partial charge on any atom is -0.380 e. The Balaban J connectivity index is 2.17. The van der Waals surface area contributed by atoms with Gasteiger partial charge in [0.25, 0.3) is 0 Å². The summed E-state index contributed by atoms with van der Waals surface area (Å²) in [4.78, 5) is 4.01. The van der Waals surface area contributed by atoms with Gasteiger partial charge in [-0.3, -0.25) is 0 Å². The fraction of sp³-hybridized carbons (Fsp3) is 0.462. The standard InChI is InChI=1S/C13H17F2N3O/c1-2-3-7-19-8-6-18-12-10(17-13(18)16)5-4-9(14)11(12)15/h4-5H,2-3,6-8H2,1H3,(H2,16,17). The second-order valence-electron chi connectivity index (χ2n) is 4.32. The normalized spacial score (nSPS) is 11.3. The summed E-state index contributed by atoms with van der Waals surface area (Å²) in [7, 11) is 0. The summed E-state index contributed by atoms with van der Waals surface area (Å²) in [5, 5.41) is 0. The van der Waals surface area contributed by atoms with Crippen molar-refractivity contribution < 1.29 is 13.5 Å². The highest BCUT2D eigenvalue weighted by Gasteiger charge is 2.15. The Morgan fingerprint density at radius 1 is 1.32 bits per heavy atom. The molecule has 0 saturated heterocycles. The minimum atomic E-state index is -0.921. The summed E-state index contributed by atoms with van der Waals surface area (Å²) in [5.74, 6) is -1.66. The third kappa shape index (κ3) is 2.84. The minimum absolute atomic E-state index is 0.0941. The second kappa shape index (κ2) is 5.97. The van der Waals surface area contributed by atoms with E-state index < -0.39 is 11.6 Å². The largest absolute Gasteiger partial charge is 0.380 e. The molecule has 1 heterocycles. The first-order valence-electron chi connectivity index (χ1n) is 6.32. The lowest BCUT2D eigenvalue weighted by molar-refractivity contribution is 0.124. The molecule has 4 nitrogen and oxygen atoms in total. The first kappa shape index (κ1) is 13.7. The van der Waals surface area contributed by atoms with Gasteiger partial charge in [0.1, 0.15) is 5.52 Å². The van der Waals surface area contributed by atoms with Gasteiger partial charge in [0.2, 0.25) is 5.95 Å². The van der Waals surface area contributed by atoms with E-state index in [0.29, 0.717) is 25.3 Å². The van der Waals surface area contributed by atoms with Gasteiger partial charge in [0, 0.05) is 13.2 Å². The number of halogens is 2. The number of nitrogens with two attached hydrogens (primary N) is 1. The molecule has 0 fully saturated rings. The third-order valence-electron chi connectivity index (χ3n) is 2.93. The summed E-state index contributed by atoms with van der Waals surface area (Å²) < 4.78 is 33.9. The van der Waals surface area contributed by atoms with Crippen LogP contribution >= 0.6 is 0 Å². The van der Waals surface area contributed by atoms with Crippen molar-refractivity contribution in [1.82, 2.24) is 9.55 Å². The lowest BCUT2D eigenvalue weighted by atomic mass is 10.3. The SMILES string of the molecule is CCCCOCCn1c(N)nc2ccc(F)c(F)c21. The highest BCUT2D eigenvalue weighted by atomic mass is 19.2. The van der Waals surface area contributed by atoms with Crippen molar-refractivity contribution in [2.24, 2.45) is 0 Å². The number of ether oxygens (including phenoxy) is 1. The molecule has 0 atom stereocenters. The maximum Gasteiger partial charge on any atom is 0.201 e. The zero-order valence-electron chi connectivity index (χ0n) is 10.8. The van der Waals surface area contributed by atoms with Crippen LogP contribution in [0.1, 0.15) is 19.8 Å². The Bertz CT molecular complexity index is 569. The van der Waals surface area contributed by atoms with Crippen LogP contribution in [0, 0.1) is 11.6 Å². The van der Waals surface area contributed by atoms with E-state index in [1.165, 1.54) is 10.6 Å². The number of anilines is 1. The number of rotatable bonds is 6. The molecule has 104 valence electrons. The molecule has 0 bridgehead atoms. The lowest BCUT2D eigenvalue weighted by Crippen LogP contribution is -2.10. The second-order valence-corrected chi connectivity index (χ2v) is 4.32. The summed E-state index contributed by atoms with van der Waals surface area (Å²) in [6, 6.07) is 2.46. The molecule has 19 heavy (non-hydrogen) atoms.